The molecule has 0 spiro atoms. The van der Waals surface area contributed by atoms with Gasteiger partial charge in [0.2, 0.25) is 0 Å². The van der Waals surface area contributed by atoms with Crippen LogP contribution in [0.4, 0.5) is 0 Å². The van der Waals surface area contributed by atoms with Gasteiger partial charge in [0.05, 0.1) is 16.8 Å². The number of carboxylic acid groups (broad SMARTS) is 1. The molecule has 0 aliphatic carbocycles. The number of benzene rings is 1. The summed E-state index contributed by atoms with van der Waals surface area (Å²) in [7, 11) is -3.34. The lowest BCUT2D eigenvalue weighted by Crippen LogP contribution is -2.11. The van der Waals surface area contributed by atoms with Crippen molar-refractivity contribution in [1.82, 2.24) is 9.97 Å². The Morgan fingerprint density at radius 3 is 2.74 bits per heavy atom. The highest BCUT2D eigenvalue weighted by Crippen LogP contribution is 2.13. The van der Waals surface area contributed by atoms with E-state index in [1.54, 1.807) is 6.07 Å². The van der Waals surface area contributed by atoms with E-state index in [1.807, 2.05) is 18.2 Å². The zero-order valence-electron chi connectivity index (χ0n) is 10.2. The van der Waals surface area contributed by atoms with E-state index in [1.165, 1.54) is 0 Å². The molecule has 0 atom stereocenters. The number of nitrogens with zero attached hydrogens (tertiary/aromatic N) is 1. The molecule has 2 rings (SSSR count). The number of rotatable bonds is 6. The Bertz CT molecular complexity index is 658. The molecule has 6 nitrogen and oxygen atoms in total. The van der Waals surface area contributed by atoms with Gasteiger partial charge in [-0.3, -0.25) is 4.79 Å². The number of hydrogen-bond acceptors (Lipinski definition) is 4. The summed E-state index contributed by atoms with van der Waals surface area (Å²) in [5.41, 5.74) is 1.51. The number of para-hydroxylation sites is 2. The van der Waals surface area contributed by atoms with Crippen LogP contribution < -0.4 is 0 Å². The first-order valence-electron chi connectivity index (χ1n) is 5.82. The van der Waals surface area contributed by atoms with E-state index in [0.717, 1.165) is 11.0 Å². The van der Waals surface area contributed by atoms with Gasteiger partial charge in [-0.2, -0.15) is 0 Å². The molecule has 19 heavy (non-hydrogen) atoms. The molecular formula is C12H14N2O4S. The molecule has 1 aromatic carbocycles. The quantitative estimate of drug-likeness (QED) is 0.832. The van der Waals surface area contributed by atoms with Crippen molar-refractivity contribution in [3.63, 3.8) is 0 Å². The van der Waals surface area contributed by atoms with Gasteiger partial charge in [-0.25, -0.2) is 13.4 Å². The van der Waals surface area contributed by atoms with Crippen molar-refractivity contribution >= 4 is 26.8 Å². The molecule has 0 aliphatic heterocycles. The minimum absolute atomic E-state index is 0.123. The maximum Gasteiger partial charge on any atom is 0.303 e. The summed E-state index contributed by atoms with van der Waals surface area (Å²) >= 11 is 0. The van der Waals surface area contributed by atoms with E-state index in [-0.39, 0.29) is 24.3 Å². The van der Waals surface area contributed by atoms with Gasteiger partial charge in [-0.1, -0.05) is 12.1 Å². The molecule has 0 bridgehead atoms. The number of aromatic amines is 1. The Morgan fingerprint density at radius 1 is 1.32 bits per heavy atom. The second-order valence-corrected chi connectivity index (χ2v) is 6.47. The largest absolute Gasteiger partial charge is 0.481 e. The van der Waals surface area contributed by atoms with Crippen molar-refractivity contribution < 1.29 is 18.3 Å². The summed E-state index contributed by atoms with van der Waals surface area (Å²) in [5, 5.41) is 8.48. The lowest BCUT2D eigenvalue weighted by molar-refractivity contribution is -0.137. The number of nitrogens with one attached hydrogen (secondary N) is 1. The van der Waals surface area contributed by atoms with E-state index < -0.39 is 15.8 Å². The zero-order chi connectivity index (χ0) is 13.9. The van der Waals surface area contributed by atoms with Gasteiger partial charge in [0.25, 0.3) is 0 Å². The maximum atomic E-state index is 11.8. The molecule has 0 unspecified atom stereocenters. The van der Waals surface area contributed by atoms with Crippen molar-refractivity contribution in [2.24, 2.45) is 0 Å². The average Bonchev–Trinajstić information content (AvgIpc) is 2.68. The third kappa shape index (κ3) is 3.78. The van der Waals surface area contributed by atoms with Crippen LogP contribution in [-0.4, -0.2) is 35.2 Å². The highest BCUT2D eigenvalue weighted by atomic mass is 32.2. The molecule has 0 amide bonds. The molecule has 7 heteroatoms. The Kier molecular flexibility index (Phi) is 3.84. The highest BCUT2D eigenvalue weighted by molar-refractivity contribution is 7.90. The van der Waals surface area contributed by atoms with Crippen LogP contribution in [0.3, 0.4) is 0 Å². The molecule has 0 radical (unpaired) electrons. The van der Waals surface area contributed by atoms with E-state index in [4.69, 9.17) is 5.11 Å². The lowest BCUT2D eigenvalue weighted by Gasteiger charge is -2.00. The van der Waals surface area contributed by atoms with Crippen LogP contribution in [-0.2, 0) is 20.4 Å². The number of carbonyl (C=O) groups is 1. The van der Waals surface area contributed by atoms with Crippen LogP contribution >= 0.6 is 0 Å². The molecule has 0 saturated carbocycles. The summed E-state index contributed by atoms with van der Waals surface area (Å²) in [4.78, 5) is 17.5. The number of aromatic nitrogens is 2. The number of fused-ring (bicyclic) bond motifs is 1. The predicted molar refractivity (Wildman–Crippen MR) is 70.5 cm³/mol. The fraction of sp³-hybridized carbons (Fsp3) is 0.333. The van der Waals surface area contributed by atoms with Crippen LogP contribution in [0.25, 0.3) is 11.0 Å². The molecule has 0 fully saturated rings. The van der Waals surface area contributed by atoms with Crippen LogP contribution in [0.1, 0.15) is 18.7 Å². The van der Waals surface area contributed by atoms with Crippen LogP contribution in [0, 0.1) is 0 Å². The minimum atomic E-state index is -3.34. The van der Waals surface area contributed by atoms with E-state index in [2.05, 4.69) is 9.97 Å². The van der Waals surface area contributed by atoms with Crippen molar-refractivity contribution in [2.75, 3.05) is 5.75 Å². The number of carboxylic acids is 1. The number of sulfone groups is 1. The number of hydrogen-bond donors (Lipinski definition) is 2. The third-order valence-corrected chi connectivity index (χ3v) is 4.26. The zero-order valence-corrected chi connectivity index (χ0v) is 11.0. The molecule has 1 aromatic heterocycles. The van der Waals surface area contributed by atoms with Gasteiger partial charge >= 0.3 is 5.97 Å². The second-order valence-electron chi connectivity index (χ2n) is 4.29. The topological polar surface area (TPSA) is 100 Å². The number of aliphatic carboxylic acids is 1. The molecular weight excluding hydrogens is 268 g/mol. The molecule has 2 aromatic rings. The number of imidazole rings is 1. The average molecular weight is 282 g/mol. The molecule has 102 valence electrons. The Labute approximate surface area is 110 Å². The van der Waals surface area contributed by atoms with E-state index in [0.29, 0.717) is 5.82 Å². The van der Waals surface area contributed by atoms with Gasteiger partial charge in [-0.15, -0.1) is 0 Å². The summed E-state index contributed by atoms with van der Waals surface area (Å²) in [6.07, 6.45) is -0.0166. The first kappa shape index (κ1) is 13.5. The predicted octanol–water partition coefficient (Wildman–Crippen LogP) is 1.34. The minimum Gasteiger partial charge on any atom is -0.481 e. The molecule has 2 N–H and O–H groups in total. The van der Waals surface area contributed by atoms with Crippen LogP contribution in [0.2, 0.25) is 0 Å². The molecule has 0 aliphatic rings. The van der Waals surface area contributed by atoms with Crippen molar-refractivity contribution in [3.8, 4) is 0 Å². The van der Waals surface area contributed by atoms with Gasteiger partial charge < -0.3 is 10.1 Å². The summed E-state index contributed by atoms with van der Waals surface area (Å²) in [6, 6.07) is 7.29. The highest BCUT2D eigenvalue weighted by Gasteiger charge is 2.15. The third-order valence-electron chi connectivity index (χ3n) is 2.64. The maximum absolute atomic E-state index is 11.8. The van der Waals surface area contributed by atoms with Gasteiger partial charge in [-0.05, 0) is 18.6 Å². The normalized spacial score (nSPS) is 11.8. The van der Waals surface area contributed by atoms with Crippen LogP contribution in [0.5, 0.6) is 0 Å². The van der Waals surface area contributed by atoms with Gasteiger partial charge in [0.15, 0.2) is 9.84 Å². The fourth-order valence-electron chi connectivity index (χ4n) is 1.80. The molecule has 1 heterocycles. The first-order valence-corrected chi connectivity index (χ1v) is 7.64. The van der Waals surface area contributed by atoms with Crippen LogP contribution in [0.15, 0.2) is 24.3 Å². The summed E-state index contributed by atoms with van der Waals surface area (Å²) in [6.45, 7) is 0. The van der Waals surface area contributed by atoms with Gasteiger partial charge in [0.1, 0.15) is 11.6 Å². The Hall–Kier alpha value is -1.89. The fourth-order valence-corrected chi connectivity index (χ4v) is 3.08. The first-order chi connectivity index (χ1) is 8.96. The SMILES string of the molecule is O=C(O)CCCS(=O)(=O)Cc1nc2ccccc2[nH]1. The van der Waals surface area contributed by atoms with Gasteiger partial charge in [0, 0.05) is 6.42 Å². The number of H-pyrrole nitrogens is 1. The summed E-state index contributed by atoms with van der Waals surface area (Å²) < 4.78 is 23.6. The smallest absolute Gasteiger partial charge is 0.303 e. The molecule has 0 saturated heterocycles. The lowest BCUT2D eigenvalue weighted by atomic mass is 10.3. The van der Waals surface area contributed by atoms with E-state index >= 15 is 0 Å². The van der Waals surface area contributed by atoms with Crippen molar-refractivity contribution in [1.29, 1.82) is 0 Å². The van der Waals surface area contributed by atoms with Crippen molar-refractivity contribution in [2.45, 2.75) is 18.6 Å². The van der Waals surface area contributed by atoms with Crippen molar-refractivity contribution in [3.05, 3.63) is 30.1 Å². The Morgan fingerprint density at radius 2 is 2.05 bits per heavy atom. The standard InChI is InChI=1S/C12H14N2O4S/c15-12(16)6-3-7-19(17,18)8-11-13-9-4-1-2-5-10(9)14-11/h1-2,4-5H,3,6-8H2,(H,13,14)(H,15,16). The summed E-state index contributed by atoms with van der Waals surface area (Å²) in [5.74, 6) is -0.937. The second kappa shape index (κ2) is 5.40. The monoisotopic (exact) mass is 282 g/mol. The van der Waals surface area contributed by atoms with E-state index in [9.17, 15) is 13.2 Å². The Balaban J connectivity index is 2.05.